The molecule has 1 amide bonds. The largest absolute Gasteiger partial charge is 0.785 e. The zero-order valence-corrected chi connectivity index (χ0v) is 11.1. The molecule has 0 unspecified atom stereocenters. The lowest BCUT2D eigenvalue weighted by Gasteiger charge is -2.36. The van der Waals surface area contributed by atoms with Crippen molar-refractivity contribution in [3.63, 3.8) is 0 Å². The first-order valence-electron chi connectivity index (χ1n) is 5.97. The number of amides is 1. The van der Waals surface area contributed by atoms with Crippen LogP contribution in [-0.2, 0) is 14.3 Å². The van der Waals surface area contributed by atoms with Crippen LogP contribution < -0.4 is 5.32 Å². The van der Waals surface area contributed by atoms with Gasteiger partial charge in [-0.05, 0) is 19.9 Å². The number of carbonyl (C=O) groups excluding carboxylic acids is 2. The molecule has 1 saturated heterocycles. The van der Waals surface area contributed by atoms with Gasteiger partial charge >= 0.3 is 6.36 Å². The van der Waals surface area contributed by atoms with Gasteiger partial charge in [-0.3, -0.25) is 14.3 Å². The predicted octanol–water partition coefficient (Wildman–Crippen LogP) is 0.806. The molecule has 0 spiro atoms. The summed E-state index contributed by atoms with van der Waals surface area (Å²) in [5.41, 5.74) is -0.933. The van der Waals surface area contributed by atoms with E-state index in [2.05, 4.69) is 10.1 Å². The van der Waals surface area contributed by atoms with E-state index in [0.717, 1.165) is 7.05 Å². The van der Waals surface area contributed by atoms with E-state index in [-0.39, 0.29) is 17.4 Å². The Bertz CT molecular complexity index is 386. The van der Waals surface area contributed by atoms with Gasteiger partial charge in [0.2, 0.25) is 5.91 Å². The Morgan fingerprint density at radius 3 is 2.60 bits per heavy atom. The lowest BCUT2D eigenvalue weighted by molar-refractivity contribution is -0.321. The molecule has 9 heteroatoms. The van der Waals surface area contributed by atoms with Crippen molar-refractivity contribution in [2.75, 3.05) is 20.2 Å². The molecule has 0 radical (unpaired) electrons. The second kappa shape index (κ2) is 6.06. The first kappa shape index (κ1) is 16.9. The van der Waals surface area contributed by atoms with Crippen LogP contribution in [0.15, 0.2) is 0 Å². The molecule has 0 aromatic heterocycles. The van der Waals surface area contributed by atoms with Crippen molar-refractivity contribution in [2.45, 2.75) is 32.2 Å². The van der Waals surface area contributed by atoms with E-state index in [0.29, 0.717) is 13.0 Å². The highest BCUT2D eigenvalue weighted by atomic mass is 19.4. The van der Waals surface area contributed by atoms with Crippen LogP contribution in [0.3, 0.4) is 0 Å². The average Bonchev–Trinajstić information content (AvgIpc) is 2.63. The van der Waals surface area contributed by atoms with Crippen molar-refractivity contribution in [1.29, 1.82) is 0 Å². The maximum atomic E-state index is 11.9. The van der Waals surface area contributed by atoms with Crippen LogP contribution in [0.5, 0.6) is 0 Å². The molecular weight excluding hydrogens is 281 g/mol. The highest BCUT2D eigenvalue weighted by Crippen LogP contribution is 2.33. The fraction of sp³-hybridized carbons (Fsp3) is 0.818. The van der Waals surface area contributed by atoms with Crippen LogP contribution in [0.25, 0.3) is 0 Å². The molecule has 2 atom stereocenters. The molecule has 0 saturated carbocycles. The highest BCUT2D eigenvalue weighted by Gasteiger charge is 2.41. The van der Waals surface area contributed by atoms with Crippen molar-refractivity contribution >= 4 is 11.7 Å². The van der Waals surface area contributed by atoms with Gasteiger partial charge in [0.05, 0.1) is 6.04 Å². The van der Waals surface area contributed by atoms with Crippen LogP contribution in [0.4, 0.5) is 13.2 Å². The Hall–Kier alpha value is -1.19. The Balaban J connectivity index is 2.69. The minimum atomic E-state index is -4.93. The summed E-state index contributed by atoms with van der Waals surface area (Å²) in [6.45, 7) is 0.750. The van der Waals surface area contributed by atoms with Crippen LogP contribution in [0.1, 0.15) is 19.8 Å². The highest BCUT2D eigenvalue weighted by molar-refractivity contribution is 5.88. The third-order valence-electron chi connectivity index (χ3n) is 3.34. The van der Waals surface area contributed by atoms with Gasteiger partial charge in [-0.15, -0.1) is 13.2 Å². The molecule has 1 aliphatic heterocycles. The quantitative estimate of drug-likeness (QED) is 0.734. The van der Waals surface area contributed by atoms with Crippen LogP contribution in [-0.4, -0.2) is 49.4 Å². The van der Waals surface area contributed by atoms with Gasteiger partial charge in [-0.1, -0.05) is 6.92 Å². The minimum Gasteiger partial charge on any atom is -0.785 e. The van der Waals surface area contributed by atoms with E-state index in [1.165, 1.54) is 0 Å². The summed E-state index contributed by atoms with van der Waals surface area (Å²) in [6.07, 6.45) is -4.65. The summed E-state index contributed by atoms with van der Waals surface area (Å²) in [5.74, 6) is -1.31. The average molecular weight is 297 g/mol. The van der Waals surface area contributed by atoms with Gasteiger partial charge in [-0.25, -0.2) is 0 Å². The van der Waals surface area contributed by atoms with Gasteiger partial charge in [0.1, 0.15) is 6.61 Å². The van der Waals surface area contributed by atoms with Crippen LogP contribution >= 0.6 is 0 Å². The van der Waals surface area contributed by atoms with E-state index in [9.17, 15) is 28.0 Å². The van der Waals surface area contributed by atoms with Crippen LogP contribution in [0, 0.1) is 10.6 Å². The lowest BCUT2D eigenvalue weighted by atomic mass is 9.81. The Kier molecular flexibility index (Phi) is 5.11. The summed E-state index contributed by atoms with van der Waals surface area (Å²) < 4.78 is 39.1. The summed E-state index contributed by atoms with van der Waals surface area (Å²) in [7, 11) is 1.03. The number of ether oxygens (including phenoxy) is 1. The molecule has 1 N–H and O–H groups in total. The van der Waals surface area contributed by atoms with Crippen molar-refractivity contribution in [3.05, 3.63) is 5.21 Å². The van der Waals surface area contributed by atoms with Crippen molar-refractivity contribution < 1.29 is 27.5 Å². The molecule has 1 aliphatic rings. The second-order valence-electron chi connectivity index (χ2n) is 5.03. The molecule has 1 heterocycles. The van der Waals surface area contributed by atoms with Crippen LogP contribution in [0.2, 0.25) is 0 Å². The number of rotatable bonds is 6. The van der Waals surface area contributed by atoms with Gasteiger partial charge in [0.25, 0.3) is 0 Å². The maximum absolute atomic E-state index is 11.9. The zero-order chi connectivity index (χ0) is 15.6. The molecule has 0 aromatic rings. The second-order valence-corrected chi connectivity index (χ2v) is 5.03. The number of alkyl halides is 3. The number of halogens is 3. The number of carbonyl (C=O) groups is 2. The molecule has 0 bridgehead atoms. The molecule has 0 aromatic carbocycles. The number of ketones is 1. The molecule has 6 nitrogen and oxygen atoms in total. The normalized spacial score (nSPS) is 24.9. The molecule has 0 aliphatic carbocycles. The van der Waals surface area contributed by atoms with Gasteiger partial charge in [-0.2, -0.15) is 0 Å². The van der Waals surface area contributed by atoms with Gasteiger partial charge in [0.15, 0.2) is 5.78 Å². The van der Waals surface area contributed by atoms with Crippen molar-refractivity contribution in [2.24, 2.45) is 5.41 Å². The fourth-order valence-corrected chi connectivity index (χ4v) is 2.09. The lowest BCUT2D eigenvalue weighted by Crippen LogP contribution is -2.43. The number of hydrogen-bond donors (Lipinski definition) is 1. The van der Waals surface area contributed by atoms with Crippen molar-refractivity contribution in [1.82, 2.24) is 10.4 Å². The number of Topliss-reactive ketones (excluding diaryl/α,β-unsaturated/α-hetero) is 1. The van der Waals surface area contributed by atoms with E-state index in [1.54, 1.807) is 6.92 Å². The number of hydroxylamine groups is 2. The third kappa shape index (κ3) is 4.43. The zero-order valence-electron chi connectivity index (χ0n) is 11.1. The topological polar surface area (TPSA) is 81.7 Å². The monoisotopic (exact) mass is 297 g/mol. The standard InChI is InChI=1S/C11H16F3N2O4/c1-10(3-4-15-9(10)18)5-7(16(2)19)8(17)6-20-11(12,13)14/h7H,3-6H2,1-2H3,(H,15,18)/q-1/t7-,10-/m0/s1. The molecule has 116 valence electrons. The SMILES string of the molecule is CN([O-])[C@@H](C[C@]1(C)CCNC1=O)C(=O)COC(F)(F)F. The predicted molar refractivity (Wildman–Crippen MR) is 62.3 cm³/mol. The van der Waals surface area contributed by atoms with E-state index < -0.39 is 30.2 Å². The molecule has 1 fully saturated rings. The Morgan fingerprint density at radius 1 is 1.60 bits per heavy atom. The number of hydrogen-bond acceptors (Lipinski definition) is 5. The maximum Gasteiger partial charge on any atom is 0.522 e. The summed E-state index contributed by atoms with van der Waals surface area (Å²) >= 11 is 0. The summed E-state index contributed by atoms with van der Waals surface area (Å²) in [5, 5.41) is 14.2. The molecule has 1 rings (SSSR count). The summed E-state index contributed by atoms with van der Waals surface area (Å²) in [6, 6.07) is -1.34. The smallest absolute Gasteiger partial charge is 0.522 e. The number of nitrogens with zero attached hydrogens (tertiary/aromatic N) is 1. The van der Waals surface area contributed by atoms with E-state index >= 15 is 0 Å². The van der Waals surface area contributed by atoms with E-state index in [4.69, 9.17) is 0 Å². The van der Waals surface area contributed by atoms with Crippen molar-refractivity contribution in [3.8, 4) is 0 Å². The fourth-order valence-electron chi connectivity index (χ4n) is 2.09. The Labute approximate surface area is 113 Å². The van der Waals surface area contributed by atoms with Gasteiger partial charge < -0.3 is 15.6 Å². The Morgan fingerprint density at radius 2 is 2.20 bits per heavy atom. The minimum absolute atomic E-state index is 0.140. The summed E-state index contributed by atoms with van der Waals surface area (Å²) in [4.78, 5) is 23.3. The first-order valence-corrected chi connectivity index (χ1v) is 5.97. The number of nitrogens with one attached hydrogen (secondary N) is 1. The molecule has 20 heavy (non-hydrogen) atoms. The van der Waals surface area contributed by atoms with Gasteiger partial charge in [0, 0.05) is 12.0 Å². The number of likely N-dealkylation sites (N-methyl/N-ethyl adjacent to an activating group) is 1. The third-order valence-corrected chi connectivity index (χ3v) is 3.34. The van der Waals surface area contributed by atoms with E-state index in [1.807, 2.05) is 0 Å². The molecular formula is C11H16F3N2O4-. The first-order chi connectivity index (χ1) is 9.05.